The van der Waals surface area contributed by atoms with Crippen LogP contribution in [0.1, 0.15) is 32.2 Å². The number of benzene rings is 2. The molecular weight excluding hydrogens is 422 g/mol. The maximum Gasteiger partial charge on any atom is 0.340 e. The van der Waals surface area contributed by atoms with Crippen LogP contribution in [0.3, 0.4) is 0 Å². The minimum absolute atomic E-state index is 0.153. The summed E-state index contributed by atoms with van der Waals surface area (Å²) in [5, 5.41) is 2.97. The highest BCUT2D eigenvalue weighted by molar-refractivity contribution is 6.34. The number of aromatic nitrogens is 2. The molecule has 8 nitrogen and oxygen atoms in total. The van der Waals surface area contributed by atoms with Crippen LogP contribution in [-0.2, 0) is 11.3 Å². The topological polar surface area (TPSA) is 103 Å². The zero-order chi connectivity index (χ0) is 22.0. The monoisotopic (exact) mass is 437 g/mol. The summed E-state index contributed by atoms with van der Waals surface area (Å²) < 4.78 is 11.6. The SMILES string of the molecule is Cc1cc2nc(COC(=O)c3ccccc3NC(=O)c3ccccc3Cl)cc(=O)n2o1. The number of halogens is 1. The fraction of sp³-hybridized carbons (Fsp3) is 0.0909. The van der Waals surface area contributed by atoms with Gasteiger partial charge in [0, 0.05) is 12.1 Å². The van der Waals surface area contributed by atoms with E-state index in [4.69, 9.17) is 20.9 Å². The van der Waals surface area contributed by atoms with Gasteiger partial charge in [0.1, 0.15) is 12.4 Å². The van der Waals surface area contributed by atoms with E-state index in [2.05, 4.69) is 10.3 Å². The molecule has 4 rings (SSSR count). The highest BCUT2D eigenvalue weighted by atomic mass is 35.5. The van der Waals surface area contributed by atoms with Crippen molar-refractivity contribution in [1.82, 2.24) is 9.56 Å². The fourth-order valence-electron chi connectivity index (χ4n) is 2.97. The zero-order valence-corrected chi connectivity index (χ0v) is 17.1. The molecule has 0 aliphatic rings. The summed E-state index contributed by atoms with van der Waals surface area (Å²) in [6.45, 7) is 1.48. The fourth-order valence-corrected chi connectivity index (χ4v) is 3.19. The van der Waals surface area contributed by atoms with Crippen molar-refractivity contribution in [1.29, 1.82) is 0 Å². The van der Waals surface area contributed by atoms with Crippen LogP contribution in [-0.4, -0.2) is 21.4 Å². The number of hydrogen-bond acceptors (Lipinski definition) is 6. The van der Waals surface area contributed by atoms with Gasteiger partial charge in [-0.1, -0.05) is 35.9 Å². The van der Waals surface area contributed by atoms with Crippen molar-refractivity contribution in [2.24, 2.45) is 0 Å². The molecule has 0 radical (unpaired) electrons. The Morgan fingerprint density at radius 1 is 1.10 bits per heavy atom. The first-order valence-electron chi connectivity index (χ1n) is 9.24. The van der Waals surface area contributed by atoms with Crippen molar-refractivity contribution < 1.29 is 18.8 Å². The molecule has 1 N–H and O–H groups in total. The predicted molar refractivity (Wildman–Crippen MR) is 113 cm³/mol. The number of carbonyl (C=O) groups is 2. The van der Waals surface area contributed by atoms with Crippen LogP contribution >= 0.6 is 11.6 Å². The molecule has 156 valence electrons. The summed E-state index contributed by atoms with van der Waals surface area (Å²) in [4.78, 5) is 41.5. The van der Waals surface area contributed by atoms with Crippen molar-refractivity contribution in [3.05, 3.63) is 98.6 Å². The number of esters is 1. The van der Waals surface area contributed by atoms with Gasteiger partial charge in [-0.3, -0.25) is 9.59 Å². The molecule has 0 aliphatic heterocycles. The number of hydrogen-bond donors (Lipinski definition) is 1. The number of ether oxygens (including phenoxy) is 1. The molecule has 0 saturated carbocycles. The molecule has 0 bridgehead atoms. The Hall–Kier alpha value is -3.91. The number of carbonyl (C=O) groups excluding carboxylic acids is 2. The van der Waals surface area contributed by atoms with Gasteiger partial charge < -0.3 is 14.6 Å². The second-order valence-corrected chi connectivity index (χ2v) is 7.05. The van der Waals surface area contributed by atoms with Crippen LogP contribution in [0.2, 0.25) is 5.02 Å². The van der Waals surface area contributed by atoms with Gasteiger partial charge in [0.2, 0.25) is 0 Å². The standard InChI is InChI=1S/C22H16ClN3O5/c1-13-10-19-24-14(11-20(27)26(19)31-13)12-30-22(29)16-7-3-5-9-18(16)25-21(28)15-6-2-4-8-17(15)23/h2-11H,12H2,1H3,(H,25,28). The molecule has 2 aromatic heterocycles. The van der Waals surface area contributed by atoms with Gasteiger partial charge in [-0.15, -0.1) is 4.57 Å². The van der Waals surface area contributed by atoms with E-state index in [-0.39, 0.29) is 29.1 Å². The Morgan fingerprint density at radius 3 is 2.58 bits per heavy atom. The molecular formula is C22H16ClN3O5. The van der Waals surface area contributed by atoms with Crippen molar-refractivity contribution in [2.45, 2.75) is 13.5 Å². The maximum absolute atomic E-state index is 12.6. The number of rotatable bonds is 5. The Labute approximate surface area is 181 Å². The lowest BCUT2D eigenvalue weighted by Crippen LogP contribution is -2.17. The van der Waals surface area contributed by atoms with Crippen LogP contribution in [0.25, 0.3) is 5.65 Å². The smallest absolute Gasteiger partial charge is 0.340 e. The zero-order valence-electron chi connectivity index (χ0n) is 16.3. The lowest BCUT2D eigenvalue weighted by Gasteiger charge is -2.11. The van der Waals surface area contributed by atoms with Crippen molar-refractivity contribution in [2.75, 3.05) is 5.32 Å². The van der Waals surface area contributed by atoms with Gasteiger partial charge in [0.05, 0.1) is 27.5 Å². The minimum Gasteiger partial charge on any atom is -0.456 e. The van der Waals surface area contributed by atoms with E-state index in [0.29, 0.717) is 16.4 Å². The molecule has 0 atom stereocenters. The molecule has 2 heterocycles. The van der Waals surface area contributed by atoms with Crippen LogP contribution in [0, 0.1) is 6.92 Å². The number of anilines is 1. The van der Waals surface area contributed by atoms with E-state index in [1.807, 2.05) is 0 Å². The molecule has 0 aliphatic carbocycles. The largest absolute Gasteiger partial charge is 0.456 e. The van der Waals surface area contributed by atoms with E-state index in [0.717, 1.165) is 4.57 Å². The first-order chi connectivity index (χ1) is 14.9. The lowest BCUT2D eigenvalue weighted by atomic mass is 10.1. The van der Waals surface area contributed by atoms with E-state index in [9.17, 15) is 14.4 Å². The third-order valence-electron chi connectivity index (χ3n) is 4.39. The number of para-hydroxylation sites is 1. The van der Waals surface area contributed by atoms with Gasteiger partial charge in [-0.2, -0.15) is 0 Å². The second kappa shape index (κ2) is 8.45. The van der Waals surface area contributed by atoms with Crippen molar-refractivity contribution in [3.63, 3.8) is 0 Å². The molecule has 0 unspecified atom stereocenters. The Balaban J connectivity index is 1.51. The molecule has 1 amide bonds. The van der Waals surface area contributed by atoms with Gasteiger partial charge in [-0.05, 0) is 31.2 Å². The number of fused-ring (bicyclic) bond motifs is 1. The Bertz CT molecular complexity index is 1360. The first-order valence-corrected chi connectivity index (χ1v) is 9.62. The van der Waals surface area contributed by atoms with Crippen molar-refractivity contribution >= 4 is 34.8 Å². The summed E-state index contributed by atoms with van der Waals surface area (Å²) in [6.07, 6.45) is 0. The normalized spacial score (nSPS) is 10.8. The van der Waals surface area contributed by atoms with E-state index in [1.54, 1.807) is 55.5 Å². The summed E-state index contributed by atoms with van der Waals surface area (Å²) >= 11 is 6.07. The second-order valence-electron chi connectivity index (χ2n) is 6.64. The number of nitrogens with zero attached hydrogens (tertiary/aromatic N) is 2. The predicted octanol–water partition coefficient (Wildman–Crippen LogP) is 3.86. The third-order valence-corrected chi connectivity index (χ3v) is 4.72. The molecule has 0 saturated heterocycles. The van der Waals surface area contributed by atoms with Crippen LogP contribution in [0.4, 0.5) is 5.69 Å². The average Bonchev–Trinajstić information content (AvgIpc) is 3.13. The molecule has 0 spiro atoms. The quantitative estimate of drug-likeness (QED) is 0.475. The number of aryl methyl sites for hydroxylation is 1. The van der Waals surface area contributed by atoms with E-state index in [1.165, 1.54) is 12.1 Å². The summed E-state index contributed by atoms with van der Waals surface area (Å²) in [6, 6.07) is 15.8. The first kappa shape index (κ1) is 20.4. The molecule has 31 heavy (non-hydrogen) atoms. The van der Waals surface area contributed by atoms with E-state index >= 15 is 0 Å². The van der Waals surface area contributed by atoms with E-state index < -0.39 is 17.4 Å². The maximum atomic E-state index is 12.6. The van der Waals surface area contributed by atoms with Gasteiger partial charge in [0.25, 0.3) is 11.5 Å². The summed E-state index contributed by atoms with van der Waals surface area (Å²) in [5.41, 5.74) is 0.878. The Morgan fingerprint density at radius 2 is 1.81 bits per heavy atom. The van der Waals surface area contributed by atoms with Gasteiger partial charge in [0.15, 0.2) is 5.65 Å². The van der Waals surface area contributed by atoms with Gasteiger partial charge >= 0.3 is 5.97 Å². The summed E-state index contributed by atoms with van der Waals surface area (Å²) in [7, 11) is 0. The van der Waals surface area contributed by atoms with Crippen LogP contribution < -0.4 is 10.9 Å². The third kappa shape index (κ3) is 4.34. The molecule has 2 aromatic carbocycles. The lowest BCUT2D eigenvalue weighted by molar-refractivity contribution is 0.0469. The van der Waals surface area contributed by atoms with Crippen LogP contribution in [0.5, 0.6) is 0 Å². The molecule has 0 fully saturated rings. The average molecular weight is 438 g/mol. The molecule has 4 aromatic rings. The van der Waals surface area contributed by atoms with Crippen LogP contribution in [0.15, 0.2) is 70.0 Å². The number of nitrogens with one attached hydrogen (secondary N) is 1. The van der Waals surface area contributed by atoms with Crippen molar-refractivity contribution in [3.8, 4) is 0 Å². The summed E-state index contributed by atoms with van der Waals surface area (Å²) in [5.74, 6) is -0.608. The Kier molecular flexibility index (Phi) is 5.55. The minimum atomic E-state index is -0.680. The molecule has 9 heteroatoms. The van der Waals surface area contributed by atoms with Gasteiger partial charge in [-0.25, -0.2) is 9.78 Å². The number of amides is 1. The highest BCUT2D eigenvalue weighted by Crippen LogP contribution is 2.21. The highest BCUT2D eigenvalue weighted by Gasteiger charge is 2.17.